The molecule has 82 valence electrons. The SMILES string of the molecule is NC(=O)CC#Cc1ccc(C(=O)O)cc1N. The molecule has 0 saturated heterocycles. The predicted molar refractivity (Wildman–Crippen MR) is 58.5 cm³/mol. The van der Waals surface area contributed by atoms with Gasteiger partial charge in [-0.1, -0.05) is 11.8 Å². The molecule has 0 aliphatic carbocycles. The first-order chi connectivity index (χ1) is 7.50. The molecular weight excluding hydrogens is 208 g/mol. The third-order valence-electron chi connectivity index (χ3n) is 1.78. The average Bonchev–Trinajstić information content (AvgIpc) is 2.19. The highest BCUT2D eigenvalue weighted by molar-refractivity contribution is 5.89. The Morgan fingerprint density at radius 1 is 1.38 bits per heavy atom. The number of primary amides is 1. The van der Waals surface area contributed by atoms with Crippen molar-refractivity contribution >= 4 is 17.6 Å². The fraction of sp³-hybridized carbons (Fsp3) is 0.0909. The van der Waals surface area contributed by atoms with E-state index in [2.05, 4.69) is 11.8 Å². The van der Waals surface area contributed by atoms with Gasteiger partial charge >= 0.3 is 5.97 Å². The Balaban J connectivity index is 2.94. The number of rotatable bonds is 2. The van der Waals surface area contributed by atoms with Gasteiger partial charge < -0.3 is 16.6 Å². The molecule has 0 unspecified atom stereocenters. The standard InChI is InChI=1S/C11H10N2O3/c12-9-6-8(11(15)16)5-4-7(9)2-1-3-10(13)14/h4-6H,3,12H2,(H2,13,14)(H,15,16). The number of carboxylic acid groups (broad SMARTS) is 1. The first kappa shape index (κ1) is 11.6. The van der Waals surface area contributed by atoms with Gasteiger partial charge in [0.15, 0.2) is 0 Å². The number of benzene rings is 1. The van der Waals surface area contributed by atoms with Crippen LogP contribution in [0.5, 0.6) is 0 Å². The Morgan fingerprint density at radius 3 is 2.56 bits per heavy atom. The zero-order chi connectivity index (χ0) is 12.1. The van der Waals surface area contributed by atoms with Crippen molar-refractivity contribution in [2.45, 2.75) is 6.42 Å². The van der Waals surface area contributed by atoms with E-state index in [1.54, 1.807) is 0 Å². The lowest BCUT2D eigenvalue weighted by atomic mass is 10.1. The second-order valence-electron chi connectivity index (χ2n) is 3.05. The van der Waals surface area contributed by atoms with E-state index in [9.17, 15) is 9.59 Å². The summed E-state index contributed by atoms with van der Waals surface area (Å²) in [6, 6.07) is 4.20. The average molecular weight is 218 g/mol. The lowest BCUT2D eigenvalue weighted by molar-refractivity contribution is -0.117. The number of carbonyl (C=O) groups is 2. The Hall–Kier alpha value is -2.48. The van der Waals surface area contributed by atoms with E-state index in [4.69, 9.17) is 16.6 Å². The minimum atomic E-state index is -1.05. The van der Waals surface area contributed by atoms with Crippen molar-refractivity contribution in [3.8, 4) is 11.8 Å². The van der Waals surface area contributed by atoms with Gasteiger partial charge in [-0.15, -0.1) is 0 Å². The Morgan fingerprint density at radius 2 is 2.06 bits per heavy atom. The third-order valence-corrected chi connectivity index (χ3v) is 1.78. The minimum Gasteiger partial charge on any atom is -0.478 e. The quantitative estimate of drug-likeness (QED) is 0.486. The first-order valence-corrected chi connectivity index (χ1v) is 4.40. The van der Waals surface area contributed by atoms with Crippen molar-refractivity contribution in [2.24, 2.45) is 5.73 Å². The number of carboxylic acids is 1. The summed E-state index contributed by atoms with van der Waals surface area (Å²) < 4.78 is 0. The van der Waals surface area contributed by atoms with Crippen LogP contribution in [-0.4, -0.2) is 17.0 Å². The van der Waals surface area contributed by atoms with E-state index in [-0.39, 0.29) is 17.7 Å². The number of carbonyl (C=O) groups excluding carboxylic acids is 1. The smallest absolute Gasteiger partial charge is 0.335 e. The van der Waals surface area contributed by atoms with Gasteiger partial charge in [-0.3, -0.25) is 4.79 Å². The Kier molecular flexibility index (Phi) is 3.51. The zero-order valence-electron chi connectivity index (χ0n) is 8.36. The van der Waals surface area contributed by atoms with Crippen LogP contribution in [0.4, 0.5) is 5.69 Å². The molecule has 0 aliphatic rings. The van der Waals surface area contributed by atoms with E-state index in [1.807, 2.05) is 0 Å². The summed E-state index contributed by atoms with van der Waals surface area (Å²) in [5, 5.41) is 8.70. The normalized spacial score (nSPS) is 9.00. The molecule has 0 saturated carbocycles. The fourth-order valence-electron chi connectivity index (χ4n) is 1.04. The van der Waals surface area contributed by atoms with Crippen LogP contribution in [0.15, 0.2) is 18.2 Å². The van der Waals surface area contributed by atoms with Crippen LogP contribution < -0.4 is 11.5 Å². The molecule has 0 heterocycles. The Labute approximate surface area is 92.1 Å². The molecule has 0 aliphatic heterocycles. The molecule has 1 rings (SSSR count). The monoisotopic (exact) mass is 218 g/mol. The molecular formula is C11H10N2O3. The van der Waals surface area contributed by atoms with Gasteiger partial charge in [0.1, 0.15) is 0 Å². The van der Waals surface area contributed by atoms with Gasteiger partial charge in [0.25, 0.3) is 0 Å². The molecule has 16 heavy (non-hydrogen) atoms. The number of amides is 1. The summed E-state index contributed by atoms with van der Waals surface area (Å²) in [7, 11) is 0. The molecule has 1 aromatic rings. The van der Waals surface area contributed by atoms with Gasteiger partial charge in [-0.25, -0.2) is 4.79 Å². The second-order valence-corrected chi connectivity index (χ2v) is 3.05. The largest absolute Gasteiger partial charge is 0.478 e. The van der Waals surface area contributed by atoms with E-state index in [1.165, 1.54) is 18.2 Å². The maximum absolute atomic E-state index is 10.6. The highest BCUT2D eigenvalue weighted by Crippen LogP contribution is 2.13. The lowest BCUT2D eigenvalue weighted by Gasteiger charge is -1.99. The number of hydrogen-bond donors (Lipinski definition) is 3. The zero-order valence-corrected chi connectivity index (χ0v) is 8.36. The molecule has 0 aromatic heterocycles. The maximum Gasteiger partial charge on any atom is 0.335 e. The summed E-state index contributed by atoms with van der Waals surface area (Å²) in [6.07, 6.45) is -0.0554. The highest BCUT2D eigenvalue weighted by atomic mass is 16.4. The molecule has 1 amide bonds. The van der Waals surface area contributed by atoms with Gasteiger partial charge in [-0.05, 0) is 18.2 Å². The van der Waals surface area contributed by atoms with Crippen molar-refractivity contribution in [1.29, 1.82) is 0 Å². The maximum atomic E-state index is 10.6. The van der Waals surface area contributed by atoms with Gasteiger partial charge in [0.05, 0.1) is 12.0 Å². The fourth-order valence-corrected chi connectivity index (χ4v) is 1.04. The topological polar surface area (TPSA) is 106 Å². The molecule has 0 bridgehead atoms. The van der Waals surface area contributed by atoms with Crippen LogP contribution in [0.1, 0.15) is 22.3 Å². The molecule has 0 atom stereocenters. The van der Waals surface area contributed by atoms with Crippen LogP contribution in [0, 0.1) is 11.8 Å². The molecule has 5 nitrogen and oxygen atoms in total. The molecule has 0 radical (unpaired) electrons. The van der Waals surface area contributed by atoms with Crippen LogP contribution in [0.3, 0.4) is 0 Å². The summed E-state index contributed by atoms with van der Waals surface area (Å²) in [5.74, 6) is 3.61. The van der Waals surface area contributed by atoms with E-state index < -0.39 is 11.9 Å². The minimum absolute atomic E-state index is 0.0554. The van der Waals surface area contributed by atoms with Gasteiger partial charge in [0.2, 0.25) is 5.91 Å². The van der Waals surface area contributed by atoms with Crippen LogP contribution in [0.25, 0.3) is 0 Å². The molecule has 5 heteroatoms. The number of aromatic carboxylic acids is 1. The molecule has 0 fully saturated rings. The number of nitrogen functional groups attached to an aromatic ring is 1. The van der Waals surface area contributed by atoms with Gasteiger partial charge in [-0.2, -0.15) is 0 Å². The first-order valence-electron chi connectivity index (χ1n) is 4.40. The van der Waals surface area contributed by atoms with Crippen molar-refractivity contribution in [1.82, 2.24) is 0 Å². The summed E-state index contributed by atoms with van der Waals surface area (Å²) in [6.45, 7) is 0. The Bertz CT molecular complexity index is 498. The van der Waals surface area contributed by atoms with Crippen LogP contribution in [0.2, 0.25) is 0 Å². The molecule has 5 N–H and O–H groups in total. The van der Waals surface area contributed by atoms with Crippen LogP contribution >= 0.6 is 0 Å². The molecule has 0 spiro atoms. The van der Waals surface area contributed by atoms with E-state index in [0.29, 0.717) is 5.56 Å². The van der Waals surface area contributed by atoms with E-state index in [0.717, 1.165) is 0 Å². The lowest BCUT2D eigenvalue weighted by Crippen LogP contribution is -2.08. The second kappa shape index (κ2) is 4.84. The third kappa shape index (κ3) is 3.03. The molecule has 1 aromatic carbocycles. The number of anilines is 1. The number of hydrogen-bond acceptors (Lipinski definition) is 3. The van der Waals surface area contributed by atoms with Crippen molar-refractivity contribution in [3.63, 3.8) is 0 Å². The van der Waals surface area contributed by atoms with Gasteiger partial charge in [0, 0.05) is 11.3 Å². The predicted octanol–water partition coefficient (Wildman–Crippen LogP) is 0.194. The number of nitrogens with two attached hydrogens (primary N) is 2. The van der Waals surface area contributed by atoms with Crippen molar-refractivity contribution in [3.05, 3.63) is 29.3 Å². The van der Waals surface area contributed by atoms with Crippen molar-refractivity contribution < 1.29 is 14.7 Å². The summed E-state index contributed by atoms with van der Waals surface area (Å²) >= 11 is 0. The summed E-state index contributed by atoms with van der Waals surface area (Å²) in [5.41, 5.74) is 11.3. The highest BCUT2D eigenvalue weighted by Gasteiger charge is 2.04. The van der Waals surface area contributed by atoms with Crippen LogP contribution in [-0.2, 0) is 4.79 Å². The van der Waals surface area contributed by atoms with Crippen molar-refractivity contribution in [2.75, 3.05) is 5.73 Å². The van der Waals surface area contributed by atoms with E-state index >= 15 is 0 Å². The summed E-state index contributed by atoms with van der Waals surface area (Å²) in [4.78, 5) is 21.0.